The van der Waals surface area contributed by atoms with Gasteiger partial charge in [-0.15, -0.1) is 0 Å². The number of hydrogen-bond donors (Lipinski definition) is 1. The van der Waals surface area contributed by atoms with E-state index in [1.165, 1.54) is 18.5 Å². The monoisotopic (exact) mass is 440 g/mol. The van der Waals surface area contributed by atoms with Crippen molar-refractivity contribution in [3.63, 3.8) is 0 Å². The van der Waals surface area contributed by atoms with Crippen molar-refractivity contribution in [2.75, 3.05) is 57.4 Å². The number of nitrogens with zero attached hydrogens (tertiary/aromatic N) is 4. The lowest BCUT2D eigenvalue weighted by molar-refractivity contribution is -0.138. The number of piperazine rings is 1. The molecule has 0 aliphatic carbocycles. The van der Waals surface area contributed by atoms with Gasteiger partial charge in [0, 0.05) is 38.3 Å². The molecule has 1 aliphatic heterocycles. The molecule has 1 N–H and O–H groups in total. The van der Waals surface area contributed by atoms with Crippen LogP contribution in [0.3, 0.4) is 0 Å². The molecule has 1 saturated heterocycles. The number of ether oxygens (including phenoxy) is 2. The lowest BCUT2D eigenvalue weighted by Gasteiger charge is -2.34. The molecule has 1 aromatic heterocycles. The number of benzene rings is 1. The number of rotatable bonds is 9. The van der Waals surface area contributed by atoms with Gasteiger partial charge in [0.05, 0.1) is 37.8 Å². The molecule has 1 aliphatic rings. The highest BCUT2D eigenvalue weighted by molar-refractivity contribution is 5.37. The molecule has 0 radical (unpaired) electrons. The van der Waals surface area contributed by atoms with Gasteiger partial charge in [-0.05, 0) is 18.6 Å². The van der Waals surface area contributed by atoms with Crippen molar-refractivity contribution in [2.24, 2.45) is 0 Å². The highest BCUT2D eigenvalue weighted by Gasteiger charge is 2.33. The van der Waals surface area contributed by atoms with Gasteiger partial charge in [0.25, 0.3) is 0 Å². The van der Waals surface area contributed by atoms with E-state index in [4.69, 9.17) is 14.6 Å². The van der Waals surface area contributed by atoms with Crippen LogP contribution in [0.5, 0.6) is 5.75 Å². The van der Waals surface area contributed by atoms with Crippen LogP contribution in [0.1, 0.15) is 16.7 Å². The quantitative estimate of drug-likeness (QED) is 0.601. The van der Waals surface area contributed by atoms with Crippen LogP contribution >= 0.6 is 0 Å². The molecule has 0 spiro atoms. The van der Waals surface area contributed by atoms with E-state index < -0.39 is 11.7 Å². The molecular formula is C21H27F3N4O3. The fourth-order valence-corrected chi connectivity index (χ4v) is 3.39. The van der Waals surface area contributed by atoms with E-state index in [2.05, 4.69) is 19.8 Å². The summed E-state index contributed by atoms with van der Waals surface area (Å²) >= 11 is 0. The summed E-state index contributed by atoms with van der Waals surface area (Å²) in [6.07, 6.45) is -1.45. The number of aryl methyl sites for hydroxylation is 1. The molecule has 0 atom stereocenters. The fourth-order valence-electron chi connectivity index (χ4n) is 3.39. The number of hydrogen-bond acceptors (Lipinski definition) is 7. The first-order chi connectivity index (χ1) is 14.9. The molecule has 0 saturated carbocycles. The van der Waals surface area contributed by atoms with E-state index in [0.717, 1.165) is 38.8 Å². The van der Waals surface area contributed by atoms with Crippen LogP contribution < -0.4 is 9.64 Å². The second-order valence-corrected chi connectivity index (χ2v) is 7.27. The van der Waals surface area contributed by atoms with E-state index in [1.54, 1.807) is 13.0 Å². The maximum absolute atomic E-state index is 13.2. The van der Waals surface area contributed by atoms with Crippen LogP contribution in [0.2, 0.25) is 0 Å². The average molecular weight is 440 g/mol. The van der Waals surface area contributed by atoms with Crippen LogP contribution in [0, 0.1) is 6.92 Å². The van der Waals surface area contributed by atoms with Gasteiger partial charge in [0.2, 0.25) is 5.95 Å². The Bertz CT molecular complexity index is 826. The number of aliphatic hydroxyl groups excluding tert-OH is 1. The third-order valence-electron chi connectivity index (χ3n) is 5.16. The molecule has 2 aromatic rings. The van der Waals surface area contributed by atoms with Crippen molar-refractivity contribution >= 4 is 5.95 Å². The first kappa shape index (κ1) is 23.2. The summed E-state index contributed by atoms with van der Waals surface area (Å²) in [7, 11) is 0. The smallest absolute Gasteiger partial charge is 0.416 e. The Morgan fingerprint density at radius 1 is 1.06 bits per heavy atom. The van der Waals surface area contributed by atoms with Gasteiger partial charge < -0.3 is 19.5 Å². The Balaban J connectivity index is 1.52. The van der Waals surface area contributed by atoms with Crippen molar-refractivity contribution in [3.05, 3.63) is 47.3 Å². The predicted octanol–water partition coefficient (Wildman–Crippen LogP) is 2.51. The SMILES string of the molecule is Cc1cccc(C(F)(F)F)c1COc1cnc(N2CCN(CCOCCO)CC2)nc1. The van der Waals surface area contributed by atoms with Gasteiger partial charge in [0.15, 0.2) is 5.75 Å². The molecular weight excluding hydrogens is 413 g/mol. The second-order valence-electron chi connectivity index (χ2n) is 7.27. The minimum absolute atomic E-state index is 0.0271. The molecule has 170 valence electrons. The maximum atomic E-state index is 13.2. The number of aromatic nitrogens is 2. The first-order valence-corrected chi connectivity index (χ1v) is 10.1. The van der Waals surface area contributed by atoms with Gasteiger partial charge in [-0.1, -0.05) is 12.1 Å². The lowest BCUT2D eigenvalue weighted by Crippen LogP contribution is -2.47. The van der Waals surface area contributed by atoms with Gasteiger partial charge in [-0.3, -0.25) is 4.90 Å². The minimum Gasteiger partial charge on any atom is -0.486 e. The van der Waals surface area contributed by atoms with E-state index in [9.17, 15) is 13.2 Å². The zero-order valence-electron chi connectivity index (χ0n) is 17.4. The normalized spacial score (nSPS) is 15.3. The van der Waals surface area contributed by atoms with E-state index in [-0.39, 0.29) is 18.8 Å². The molecule has 10 heteroatoms. The van der Waals surface area contributed by atoms with Crippen molar-refractivity contribution in [1.82, 2.24) is 14.9 Å². The first-order valence-electron chi connectivity index (χ1n) is 10.1. The van der Waals surface area contributed by atoms with Gasteiger partial charge in [-0.25, -0.2) is 9.97 Å². The minimum atomic E-state index is -4.43. The molecule has 1 aromatic carbocycles. The summed E-state index contributed by atoms with van der Waals surface area (Å²) in [5, 5.41) is 8.72. The van der Waals surface area contributed by atoms with Gasteiger partial charge in [0.1, 0.15) is 6.61 Å². The van der Waals surface area contributed by atoms with Crippen LogP contribution in [0.4, 0.5) is 19.1 Å². The largest absolute Gasteiger partial charge is 0.486 e. The number of aliphatic hydroxyl groups is 1. The summed E-state index contributed by atoms with van der Waals surface area (Å²) in [6, 6.07) is 4.08. The maximum Gasteiger partial charge on any atom is 0.416 e. The Kier molecular flexibility index (Phi) is 8.05. The molecule has 1 fully saturated rings. The third-order valence-corrected chi connectivity index (χ3v) is 5.16. The van der Waals surface area contributed by atoms with Crippen molar-refractivity contribution in [3.8, 4) is 5.75 Å². The number of anilines is 1. The number of halogens is 3. The van der Waals surface area contributed by atoms with E-state index in [1.807, 2.05) is 0 Å². The van der Waals surface area contributed by atoms with Crippen LogP contribution in [0.15, 0.2) is 30.6 Å². The van der Waals surface area contributed by atoms with Crippen LogP contribution in [-0.2, 0) is 17.5 Å². The van der Waals surface area contributed by atoms with E-state index >= 15 is 0 Å². The zero-order chi connectivity index (χ0) is 22.3. The van der Waals surface area contributed by atoms with Crippen molar-refractivity contribution in [2.45, 2.75) is 19.7 Å². The number of alkyl halides is 3. The summed E-state index contributed by atoms with van der Waals surface area (Å²) in [5.74, 6) is 0.884. The lowest BCUT2D eigenvalue weighted by atomic mass is 10.0. The predicted molar refractivity (Wildman–Crippen MR) is 109 cm³/mol. The summed E-state index contributed by atoms with van der Waals surface area (Å²) in [4.78, 5) is 13.0. The zero-order valence-corrected chi connectivity index (χ0v) is 17.4. The molecule has 7 nitrogen and oxygen atoms in total. The van der Waals surface area contributed by atoms with Crippen molar-refractivity contribution < 1.29 is 27.8 Å². The molecule has 0 amide bonds. The van der Waals surface area contributed by atoms with E-state index in [0.29, 0.717) is 30.5 Å². The van der Waals surface area contributed by atoms with Crippen molar-refractivity contribution in [1.29, 1.82) is 0 Å². The summed E-state index contributed by atoms with van der Waals surface area (Å²) < 4.78 is 50.6. The highest BCUT2D eigenvalue weighted by Crippen LogP contribution is 2.33. The average Bonchev–Trinajstić information content (AvgIpc) is 2.76. The van der Waals surface area contributed by atoms with Crippen LogP contribution in [-0.4, -0.2) is 72.5 Å². The van der Waals surface area contributed by atoms with Gasteiger partial charge in [-0.2, -0.15) is 13.2 Å². The fraction of sp³-hybridized carbons (Fsp3) is 0.524. The Morgan fingerprint density at radius 3 is 2.42 bits per heavy atom. The Labute approximate surface area is 179 Å². The Hall–Kier alpha value is -2.43. The molecule has 3 rings (SSSR count). The van der Waals surface area contributed by atoms with Gasteiger partial charge >= 0.3 is 6.18 Å². The van der Waals surface area contributed by atoms with Crippen LogP contribution in [0.25, 0.3) is 0 Å². The summed E-state index contributed by atoms with van der Waals surface area (Å²) in [6.45, 7) is 6.41. The molecule has 2 heterocycles. The molecule has 0 unspecified atom stereocenters. The molecule has 31 heavy (non-hydrogen) atoms. The molecule has 0 bridgehead atoms. The Morgan fingerprint density at radius 2 is 1.77 bits per heavy atom. The standard InChI is InChI=1S/C21H27F3N4O3/c1-16-3-2-4-19(21(22,23)24)18(16)15-31-17-13-25-20(26-14-17)28-7-5-27(6-8-28)9-11-30-12-10-29/h2-4,13-14,29H,5-12,15H2,1H3. The summed E-state index contributed by atoms with van der Waals surface area (Å²) in [5.41, 5.74) is -0.0603. The highest BCUT2D eigenvalue weighted by atomic mass is 19.4. The topological polar surface area (TPSA) is 71.0 Å². The third kappa shape index (κ3) is 6.52. The second kappa shape index (κ2) is 10.7.